The van der Waals surface area contributed by atoms with Gasteiger partial charge in [0.15, 0.2) is 0 Å². The van der Waals surface area contributed by atoms with E-state index in [0.29, 0.717) is 37.0 Å². The fourth-order valence-electron chi connectivity index (χ4n) is 4.04. The highest BCUT2D eigenvalue weighted by atomic mass is 16.6. The molecule has 1 radical (unpaired) electrons. The lowest BCUT2D eigenvalue weighted by Crippen LogP contribution is -2.37. The van der Waals surface area contributed by atoms with Crippen LogP contribution in [0.1, 0.15) is 138 Å². The Balaban J connectivity index is 4.62. The molecule has 6 nitrogen and oxygen atoms in total. The second-order valence-corrected chi connectivity index (χ2v) is 12.5. The Morgan fingerprint density at radius 2 is 0.763 bits per heavy atom. The van der Waals surface area contributed by atoms with Gasteiger partial charge in [-0.3, -0.25) is 14.4 Å². The molecule has 0 aromatic carbocycles. The van der Waals surface area contributed by atoms with E-state index in [2.05, 4.69) is 48.5 Å². The third-order valence-corrected chi connectivity index (χ3v) is 6.61. The second kappa shape index (κ2) is 22.2. The van der Waals surface area contributed by atoms with E-state index in [1.807, 2.05) is 0 Å². The number of carbonyl (C=O) groups is 3. The smallest absolute Gasteiger partial charge is 0.305 e. The summed E-state index contributed by atoms with van der Waals surface area (Å²) in [6.07, 6.45) is 13.2. The summed E-state index contributed by atoms with van der Waals surface area (Å²) in [5.41, 5.74) is -1.02. The van der Waals surface area contributed by atoms with E-state index in [9.17, 15) is 14.4 Å². The minimum atomic E-state index is -1.02. The number of carbonyl (C=O) groups excluding carboxylic acids is 3. The molecule has 0 aliphatic heterocycles. The molecule has 223 valence electrons. The minimum Gasteiger partial charge on any atom is -0.465 e. The lowest BCUT2D eigenvalue weighted by molar-refractivity contribution is -0.158. The molecule has 0 amide bonds. The summed E-state index contributed by atoms with van der Waals surface area (Å²) in [7, 11) is 0. The summed E-state index contributed by atoms with van der Waals surface area (Å²) in [4.78, 5) is 36.9. The van der Waals surface area contributed by atoms with Gasteiger partial charge in [-0.05, 0) is 43.9 Å². The molecule has 0 unspecified atom stereocenters. The maximum Gasteiger partial charge on any atom is 0.305 e. The zero-order valence-corrected chi connectivity index (χ0v) is 25.6. The molecule has 0 bridgehead atoms. The Morgan fingerprint density at radius 1 is 0.500 bits per heavy atom. The fourth-order valence-corrected chi connectivity index (χ4v) is 4.04. The third kappa shape index (κ3) is 23.5. The van der Waals surface area contributed by atoms with Crippen molar-refractivity contribution in [2.45, 2.75) is 138 Å². The lowest BCUT2D eigenvalue weighted by Gasteiger charge is -2.28. The van der Waals surface area contributed by atoms with Crippen LogP contribution in [-0.4, -0.2) is 37.7 Å². The highest BCUT2D eigenvalue weighted by molar-refractivity contribution is 5.70. The summed E-state index contributed by atoms with van der Waals surface area (Å²) >= 11 is 0. The van der Waals surface area contributed by atoms with E-state index in [1.54, 1.807) is 0 Å². The van der Waals surface area contributed by atoms with Crippen molar-refractivity contribution >= 4 is 17.9 Å². The first-order valence-electron chi connectivity index (χ1n) is 15.3. The van der Waals surface area contributed by atoms with Gasteiger partial charge >= 0.3 is 17.9 Å². The number of hydrogen-bond acceptors (Lipinski definition) is 6. The van der Waals surface area contributed by atoms with Crippen molar-refractivity contribution < 1.29 is 28.6 Å². The maximum atomic E-state index is 12.3. The van der Waals surface area contributed by atoms with E-state index < -0.39 is 5.41 Å². The van der Waals surface area contributed by atoms with E-state index in [4.69, 9.17) is 14.2 Å². The Bertz CT molecular complexity index is 542. The molecule has 0 fully saturated rings. The highest BCUT2D eigenvalue weighted by Gasteiger charge is 2.31. The quantitative estimate of drug-likeness (QED) is 0.0698. The van der Waals surface area contributed by atoms with Gasteiger partial charge < -0.3 is 14.2 Å². The Kier molecular flexibility index (Phi) is 21.3. The molecule has 6 heteroatoms. The van der Waals surface area contributed by atoms with Crippen LogP contribution in [0.15, 0.2) is 0 Å². The monoisotopic (exact) mass is 539 g/mol. The van der Waals surface area contributed by atoms with Crippen molar-refractivity contribution in [3.8, 4) is 0 Å². The third-order valence-electron chi connectivity index (χ3n) is 6.61. The first-order chi connectivity index (χ1) is 17.9. The van der Waals surface area contributed by atoms with Crippen LogP contribution in [0.25, 0.3) is 0 Å². The molecule has 0 atom stereocenters. The van der Waals surface area contributed by atoms with Crippen LogP contribution < -0.4 is 0 Å². The molecule has 0 N–H and O–H groups in total. The molecule has 0 saturated heterocycles. The Hall–Kier alpha value is -1.59. The van der Waals surface area contributed by atoms with E-state index >= 15 is 0 Å². The number of ether oxygens (including phenoxy) is 3. The number of unbranched alkanes of at least 4 members (excludes halogenated alkanes) is 6. The van der Waals surface area contributed by atoms with E-state index in [-0.39, 0.29) is 37.7 Å². The normalized spacial score (nSPS) is 11.8. The maximum absolute atomic E-state index is 12.3. The van der Waals surface area contributed by atoms with Crippen LogP contribution in [-0.2, 0) is 28.6 Å². The molecule has 0 aliphatic carbocycles. The summed E-state index contributed by atoms with van der Waals surface area (Å²) in [5.74, 6) is 1.11. The molecule has 0 aromatic rings. The van der Waals surface area contributed by atoms with Crippen molar-refractivity contribution in [3.05, 3.63) is 6.92 Å². The summed E-state index contributed by atoms with van der Waals surface area (Å²) in [6.45, 7) is 17.2. The van der Waals surface area contributed by atoms with Gasteiger partial charge in [-0.1, -0.05) is 99.3 Å². The van der Waals surface area contributed by atoms with Gasteiger partial charge in [-0.25, -0.2) is 0 Å². The van der Waals surface area contributed by atoms with Crippen molar-refractivity contribution in [2.24, 2.45) is 23.2 Å². The van der Waals surface area contributed by atoms with Gasteiger partial charge in [0.2, 0.25) is 0 Å². The number of esters is 3. The van der Waals surface area contributed by atoms with Gasteiger partial charge in [-0.15, -0.1) is 0 Å². The fraction of sp³-hybridized carbons (Fsp3) is 0.875. The van der Waals surface area contributed by atoms with Gasteiger partial charge in [0.05, 0.1) is 5.41 Å². The SMILES string of the molecule is [CH2]C(COC(=O)CCCCCC(C)C)(COC(=O)CCCCCC(C)C)COC(=O)CCCCCC(C)C. The lowest BCUT2D eigenvalue weighted by atomic mass is 9.94. The average Bonchev–Trinajstić information content (AvgIpc) is 2.84. The molecule has 38 heavy (non-hydrogen) atoms. The van der Waals surface area contributed by atoms with Gasteiger partial charge in [0.25, 0.3) is 0 Å². The Morgan fingerprint density at radius 3 is 1.00 bits per heavy atom. The molecular weight excluding hydrogens is 480 g/mol. The zero-order chi connectivity index (χ0) is 28.8. The van der Waals surface area contributed by atoms with E-state index in [0.717, 1.165) is 77.0 Å². The first kappa shape index (κ1) is 36.4. The van der Waals surface area contributed by atoms with Crippen LogP contribution in [0.2, 0.25) is 0 Å². The second-order valence-electron chi connectivity index (χ2n) is 12.5. The topological polar surface area (TPSA) is 78.9 Å². The molecule has 0 spiro atoms. The summed E-state index contributed by atoms with van der Waals surface area (Å²) < 4.78 is 16.5. The number of rotatable bonds is 24. The van der Waals surface area contributed by atoms with E-state index in [1.165, 1.54) is 0 Å². The molecule has 0 heterocycles. The Labute approximate surface area is 234 Å². The molecule has 0 aliphatic rings. The van der Waals surface area contributed by atoms with Gasteiger partial charge in [0.1, 0.15) is 19.8 Å². The highest BCUT2D eigenvalue weighted by Crippen LogP contribution is 2.21. The van der Waals surface area contributed by atoms with Crippen LogP contribution >= 0.6 is 0 Å². The van der Waals surface area contributed by atoms with Crippen LogP contribution in [0.5, 0.6) is 0 Å². The van der Waals surface area contributed by atoms with Gasteiger partial charge in [-0.2, -0.15) is 0 Å². The predicted octanol–water partition coefficient (Wildman–Crippen LogP) is 8.26. The zero-order valence-electron chi connectivity index (χ0n) is 25.6. The van der Waals surface area contributed by atoms with Crippen LogP contribution in [0.4, 0.5) is 0 Å². The van der Waals surface area contributed by atoms with Crippen molar-refractivity contribution in [1.29, 1.82) is 0 Å². The van der Waals surface area contributed by atoms with Crippen LogP contribution in [0.3, 0.4) is 0 Å². The summed E-state index contributed by atoms with van der Waals surface area (Å²) in [6, 6.07) is 0. The van der Waals surface area contributed by atoms with Gasteiger partial charge in [0, 0.05) is 19.3 Å². The predicted molar refractivity (Wildman–Crippen MR) is 154 cm³/mol. The van der Waals surface area contributed by atoms with Crippen LogP contribution in [0, 0.1) is 30.1 Å². The van der Waals surface area contributed by atoms with Crippen molar-refractivity contribution in [1.82, 2.24) is 0 Å². The molecular formula is C32H59O6. The largest absolute Gasteiger partial charge is 0.465 e. The minimum absolute atomic E-state index is 0.0544. The molecule has 0 rings (SSSR count). The average molecular weight is 540 g/mol. The molecule has 0 saturated carbocycles. The van der Waals surface area contributed by atoms with Crippen molar-refractivity contribution in [2.75, 3.05) is 19.8 Å². The van der Waals surface area contributed by atoms with Crippen molar-refractivity contribution in [3.63, 3.8) is 0 Å². The number of hydrogen-bond donors (Lipinski definition) is 0. The summed E-state index contributed by atoms with van der Waals surface area (Å²) in [5, 5.41) is 0. The first-order valence-corrected chi connectivity index (χ1v) is 15.3. The molecule has 0 aromatic heterocycles. The standard InChI is InChI=1S/C32H59O6/c1-26(2)17-11-8-14-20-29(33)36-23-32(7,24-37-30(34)21-15-9-12-18-27(3)4)25-38-31(35)22-16-10-13-19-28(5)6/h26-28H,7-25H2,1-6H3.